The number of nitrogens with zero attached hydrogens (tertiary/aromatic N) is 3. The van der Waals surface area contributed by atoms with E-state index in [1.54, 1.807) is 4.90 Å². The molecule has 0 unspecified atom stereocenters. The van der Waals surface area contributed by atoms with Crippen LogP contribution in [0.25, 0.3) is 0 Å². The summed E-state index contributed by atoms with van der Waals surface area (Å²) in [6, 6.07) is 5.73. The van der Waals surface area contributed by atoms with Crippen molar-refractivity contribution in [3.63, 3.8) is 0 Å². The van der Waals surface area contributed by atoms with Gasteiger partial charge in [-0.2, -0.15) is 9.49 Å². The van der Waals surface area contributed by atoms with Gasteiger partial charge in [-0.1, -0.05) is 11.6 Å². The lowest BCUT2D eigenvalue weighted by atomic mass is 9.99. The topological polar surface area (TPSA) is 100 Å². The maximum absolute atomic E-state index is 14.8. The van der Waals surface area contributed by atoms with Crippen molar-refractivity contribution in [1.82, 2.24) is 20.1 Å². The number of aromatic nitrogens is 3. The number of urea groups is 1. The van der Waals surface area contributed by atoms with Gasteiger partial charge >= 0.3 is 6.03 Å². The number of nitrogens with one attached hydrogen (secondary N) is 2. The van der Waals surface area contributed by atoms with Gasteiger partial charge in [-0.3, -0.25) is 4.79 Å². The molecule has 1 saturated heterocycles. The van der Waals surface area contributed by atoms with Crippen molar-refractivity contribution in [3.8, 4) is 5.75 Å². The van der Waals surface area contributed by atoms with Gasteiger partial charge in [0.2, 0.25) is 5.95 Å². The molecular formula is C22H18ClF2N5O3. The van der Waals surface area contributed by atoms with E-state index in [1.807, 2.05) is 0 Å². The third-order valence-electron chi connectivity index (χ3n) is 5.90. The molecule has 8 nitrogen and oxygen atoms in total. The normalized spacial score (nSPS) is 18.7. The lowest BCUT2D eigenvalue weighted by Gasteiger charge is -2.35. The molecule has 11 heteroatoms. The Bertz CT molecular complexity index is 1280. The molecule has 2 aliphatic rings. The van der Waals surface area contributed by atoms with Crippen LogP contribution in [0.2, 0.25) is 5.02 Å². The van der Waals surface area contributed by atoms with E-state index in [-0.39, 0.29) is 35.0 Å². The van der Waals surface area contributed by atoms with Crippen LogP contribution in [0.3, 0.4) is 0 Å². The van der Waals surface area contributed by atoms with Crippen molar-refractivity contribution in [3.05, 3.63) is 80.5 Å². The molecule has 170 valence electrons. The van der Waals surface area contributed by atoms with Crippen LogP contribution in [-0.4, -0.2) is 32.2 Å². The molecule has 4 heterocycles. The minimum atomic E-state index is -0.671. The first kappa shape index (κ1) is 21.3. The molecule has 2 aliphatic heterocycles. The summed E-state index contributed by atoms with van der Waals surface area (Å²) < 4.78 is 33.1. The summed E-state index contributed by atoms with van der Waals surface area (Å²) >= 11 is 6.28. The maximum Gasteiger partial charge on any atom is 0.322 e. The van der Waals surface area contributed by atoms with Crippen LogP contribution in [-0.2, 0) is 13.0 Å². The quantitative estimate of drug-likeness (QED) is 0.558. The van der Waals surface area contributed by atoms with Crippen LogP contribution < -0.4 is 15.6 Å². The van der Waals surface area contributed by atoms with Crippen molar-refractivity contribution in [2.45, 2.75) is 38.0 Å². The number of anilines is 1. The SMILES string of the molecule is O=C(Nc1cc(Cl)c(COc2ccc(F)nc2)cc1F)N1[C@H]2CC[C@@H]1c1n[nH]c(=O)cc1C2. The lowest BCUT2D eigenvalue weighted by molar-refractivity contribution is 0.177. The van der Waals surface area contributed by atoms with E-state index in [2.05, 4.69) is 20.5 Å². The number of hydrogen-bond donors (Lipinski definition) is 2. The van der Waals surface area contributed by atoms with Gasteiger partial charge in [-0.05, 0) is 49.1 Å². The average molecular weight is 474 g/mol. The smallest absolute Gasteiger partial charge is 0.322 e. The van der Waals surface area contributed by atoms with Crippen molar-refractivity contribution < 1.29 is 18.3 Å². The average Bonchev–Trinajstić information content (AvgIpc) is 3.11. The molecule has 2 amide bonds. The summed E-state index contributed by atoms with van der Waals surface area (Å²) in [7, 11) is 0. The number of ether oxygens (including phenoxy) is 1. The fourth-order valence-corrected chi connectivity index (χ4v) is 4.62. The number of carbonyl (C=O) groups is 1. The number of H-pyrrole nitrogens is 1. The molecule has 2 bridgehead atoms. The highest BCUT2D eigenvalue weighted by molar-refractivity contribution is 6.31. The lowest BCUT2D eigenvalue weighted by Crippen LogP contribution is -2.45. The predicted octanol–water partition coefficient (Wildman–Crippen LogP) is 3.97. The van der Waals surface area contributed by atoms with E-state index in [0.29, 0.717) is 29.8 Å². The van der Waals surface area contributed by atoms with Crippen molar-refractivity contribution in [2.24, 2.45) is 0 Å². The Hall–Kier alpha value is -3.53. The molecule has 0 saturated carbocycles. The monoisotopic (exact) mass is 473 g/mol. The van der Waals surface area contributed by atoms with Gasteiger partial charge in [0.15, 0.2) is 0 Å². The Morgan fingerprint density at radius 1 is 1.27 bits per heavy atom. The molecule has 5 rings (SSSR count). The maximum atomic E-state index is 14.8. The summed E-state index contributed by atoms with van der Waals surface area (Å²) in [6.07, 6.45) is 3.21. The second kappa shape index (κ2) is 8.43. The standard InChI is InChI=1S/C22H18ClF2N5O3/c23-15-8-17(16(24)6-12(15)10-33-14-2-4-19(25)26-9-14)27-22(32)30-13-1-3-18(30)21-11(5-13)7-20(31)28-29-21/h2,4,6-9,13,18H,1,3,5,10H2,(H,27,32)(H,28,31)/t13-,18+/m0/s1. The number of benzene rings is 1. The number of halogens is 3. The van der Waals surface area contributed by atoms with Crippen LogP contribution in [0.1, 0.15) is 35.7 Å². The number of rotatable bonds is 4. The fourth-order valence-electron chi connectivity index (χ4n) is 4.40. The molecule has 2 atom stereocenters. The number of fused-ring (bicyclic) bond motifs is 4. The number of pyridine rings is 1. The Morgan fingerprint density at radius 3 is 2.91 bits per heavy atom. The summed E-state index contributed by atoms with van der Waals surface area (Å²) in [6.45, 7) is -0.0613. The first-order chi connectivity index (χ1) is 15.9. The fraction of sp³-hybridized carbons (Fsp3) is 0.273. The zero-order valence-electron chi connectivity index (χ0n) is 17.1. The molecule has 33 heavy (non-hydrogen) atoms. The number of aromatic amines is 1. The summed E-state index contributed by atoms with van der Waals surface area (Å²) in [4.78, 5) is 29.7. The minimum Gasteiger partial charge on any atom is -0.487 e. The highest BCUT2D eigenvalue weighted by Gasteiger charge is 2.44. The Morgan fingerprint density at radius 2 is 2.12 bits per heavy atom. The summed E-state index contributed by atoms with van der Waals surface area (Å²) in [5.74, 6) is -1.00. The van der Waals surface area contributed by atoms with Gasteiger partial charge < -0.3 is 15.0 Å². The molecular weight excluding hydrogens is 456 g/mol. The van der Waals surface area contributed by atoms with Crippen molar-refractivity contribution in [1.29, 1.82) is 0 Å². The largest absolute Gasteiger partial charge is 0.487 e. The zero-order chi connectivity index (χ0) is 23.1. The van der Waals surface area contributed by atoms with Crippen LogP contribution in [0.4, 0.5) is 19.3 Å². The zero-order valence-corrected chi connectivity index (χ0v) is 17.9. The second-order valence-corrected chi connectivity index (χ2v) is 8.37. The Kier molecular flexibility index (Phi) is 5.45. The van der Waals surface area contributed by atoms with Gasteiger partial charge in [-0.25, -0.2) is 19.3 Å². The molecule has 2 aromatic heterocycles. The third kappa shape index (κ3) is 4.13. The number of carbonyl (C=O) groups excluding carboxylic acids is 1. The first-order valence-corrected chi connectivity index (χ1v) is 10.7. The minimum absolute atomic E-state index is 0.0585. The van der Waals surface area contributed by atoms with E-state index in [4.69, 9.17) is 16.3 Å². The van der Waals surface area contributed by atoms with Crippen LogP contribution >= 0.6 is 11.6 Å². The Balaban J connectivity index is 1.31. The van der Waals surface area contributed by atoms with Gasteiger partial charge in [0.05, 0.1) is 23.6 Å². The van der Waals surface area contributed by atoms with Crippen LogP contribution in [0, 0.1) is 11.8 Å². The summed E-state index contributed by atoms with van der Waals surface area (Å²) in [5.41, 5.74) is 1.53. The van der Waals surface area contributed by atoms with Crippen molar-refractivity contribution >= 4 is 23.3 Å². The van der Waals surface area contributed by atoms with E-state index in [9.17, 15) is 18.4 Å². The van der Waals surface area contributed by atoms with Gasteiger partial charge in [0, 0.05) is 22.7 Å². The Labute approximate surface area is 191 Å². The third-order valence-corrected chi connectivity index (χ3v) is 6.25. The summed E-state index contributed by atoms with van der Waals surface area (Å²) in [5, 5.41) is 9.37. The van der Waals surface area contributed by atoms with Crippen molar-refractivity contribution in [2.75, 3.05) is 5.32 Å². The highest BCUT2D eigenvalue weighted by atomic mass is 35.5. The van der Waals surface area contributed by atoms with E-state index >= 15 is 0 Å². The van der Waals surface area contributed by atoms with E-state index < -0.39 is 17.8 Å². The predicted molar refractivity (Wildman–Crippen MR) is 115 cm³/mol. The molecule has 0 radical (unpaired) electrons. The van der Waals surface area contributed by atoms with E-state index in [0.717, 1.165) is 18.1 Å². The number of amides is 2. The molecule has 3 aromatic rings. The molecule has 1 fully saturated rings. The molecule has 0 aliphatic carbocycles. The van der Waals surface area contributed by atoms with Crippen LogP contribution in [0.15, 0.2) is 41.3 Å². The molecule has 0 spiro atoms. The highest BCUT2D eigenvalue weighted by Crippen LogP contribution is 2.42. The van der Waals surface area contributed by atoms with Gasteiger partial charge in [-0.15, -0.1) is 0 Å². The molecule has 2 N–H and O–H groups in total. The van der Waals surface area contributed by atoms with Gasteiger partial charge in [0.25, 0.3) is 5.56 Å². The van der Waals surface area contributed by atoms with Crippen LogP contribution in [0.5, 0.6) is 5.75 Å². The molecule has 1 aromatic carbocycles. The number of hydrogen-bond acceptors (Lipinski definition) is 5. The van der Waals surface area contributed by atoms with Gasteiger partial charge in [0.1, 0.15) is 18.2 Å². The second-order valence-electron chi connectivity index (χ2n) is 7.96. The van der Waals surface area contributed by atoms with E-state index in [1.165, 1.54) is 30.5 Å². The first-order valence-electron chi connectivity index (χ1n) is 10.3.